The molecule has 2 aliphatic heterocycles. The summed E-state index contributed by atoms with van der Waals surface area (Å²) in [7, 11) is 0. The van der Waals surface area contributed by atoms with Crippen LogP contribution in [-0.2, 0) is 4.79 Å². The van der Waals surface area contributed by atoms with Crippen LogP contribution in [0.15, 0.2) is 6.07 Å². The number of fused-ring (bicyclic) bond motifs is 1. The second kappa shape index (κ2) is 6.26. The highest BCUT2D eigenvalue weighted by atomic mass is 35.5. The van der Waals surface area contributed by atoms with E-state index in [0.717, 1.165) is 0 Å². The molecule has 8 heteroatoms. The van der Waals surface area contributed by atoms with Crippen molar-refractivity contribution in [3.63, 3.8) is 0 Å². The van der Waals surface area contributed by atoms with Gasteiger partial charge in [0.25, 0.3) is 5.79 Å². The van der Waals surface area contributed by atoms with Crippen molar-refractivity contribution >= 4 is 23.5 Å². The van der Waals surface area contributed by atoms with E-state index < -0.39 is 23.8 Å². The van der Waals surface area contributed by atoms with Gasteiger partial charge in [-0.1, -0.05) is 11.6 Å². The molecule has 2 heterocycles. The molecule has 1 aromatic carbocycles. The summed E-state index contributed by atoms with van der Waals surface area (Å²) < 4.78 is 25.3. The Morgan fingerprint density at radius 2 is 1.89 bits per heavy atom. The third-order valence-corrected chi connectivity index (χ3v) is 6.14. The molecule has 1 saturated carbocycles. The molecule has 3 atom stereocenters. The van der Waals surface area contributed by atoms with Crippen LogP contribution < -0.4 is 9.47 Å². The van der Waals surface area contributed by atoms with Crippen molar-refractivity contribution in [1.29, 1.82) is 0 Å². The van der Waals surface area contributed by atoms with Gasteiger partial charge in [0.05, 0.1) is 16.5 Å². The van der Waals surface area contributed by atoms with Gasteiger partial charge in [-0.25, -0.2) is 9.18 Å². The summed E-state index contributed by atoms with van der Waals surface area (Å²) in [6.07, 6.45) is 0.657. The van der Waals surface area contributed by atoms with Crippen LogP contribution in [-0.4, -0.2) is 46.9 Å². The molecule has 3 aliphatic rings. The quantitative estimate of drug-likeness (QED) is 0.845. The number of benzene rings is 1. The summed E-state index contributed by atoms with van der Waals surface area (Å²) in [6.45, 7) is 4.53. The van der Waals surface area contributed by atoms with E-state index in [1.807, 2.05) is 6.92 Å². The molecule has 27 heavy (non-hydrogen) atoms. The predicted octanol–water partition coefficient (Wildman–Crippen LogP) is 3.43. The van der Waals surface area contributed by atoms with Gasteiger partial charge in [0.2, 0.25) is 5.91 Å². The van der Waals surface area contributed by atoms with Crippen LogP contribution in [0.3, 0.4) is 0 Å². The van der Waals surface area contributed by atoms with Crippen LogP contribution in [0.4, 0.5) is 4.39 Å². The second-order valence-corrected chi connectivity index (χ2v) is 8.08. The van der Waals surface area contributed by atoms with Crippen molar-refractivity contribution in [2.24, 2.45) is 11.8 Å². The number of hydrogen-bond donors (Lipinski definition) is 1. The Hall–Kier alpha value is -2.02. The molecule has 1 aliphatic carbocycles. The lowest BCUT2D eigenvalue weighted by Crippen LogP contribution is -2.50. The third-order valence-electron chi connectivity index (χ3n) is 5.86. The number of amides is 1. The summed E-state index contributed by atoms with van der Waals surface area (Å²) >= 11 is 6.22. The van der Waals surface area contributed by atoms with Crippen molar-refractivity contribution in [2.45, 2.75) is 45.1 Å². The van der Waals surface area contributed by atoms with Crippen LogP contribution in [0.5, 0.6) is 11.5 Å². The van der Waals surface area contributed by atoms with Gasteiger partial charge in [-0.05, 0) is 32.3 Å². The minimum atomic E-state index is -1.08. The van der Waals surface area contributed by atoms with Crippen LogP contribution in [0.2, 0.25) is 5.02 Å². The first-order valence-corrected chi connectivity index (χ1v) is 9.46. The zero-order valence-corrected chi connectivity index (χ0v) is 15.9. The van der Waals surface area contributed by atoms with E-state index in [2.05, 4.69) is 0 Å². The maximum Gasteiger partial charge on any atom is 0.336 e. The van der Waals surface area contributed by atoms with E-state index in [4.69, 9.17) is 21.1 Å². The molecule has 4 rings (SSSR count). The molecule has 146 valence electrons. The number of carbonyl (C=O) groups excluding carboxylic acids is 1. The third kappa shape index (κ3) is 3.02. The van der Waals surface area contributed by atoms with Gasteiger partial charge in [0.1, 0.15) is 6.17 Å². The van der Waals surface area contributed by atoms with Crippen molar-refractivity contribution in [3.05, 3.63) is 22.2 Å². The van der Waals surface area contributed by atoms with Crippen LogP contribution in [0.25, 0.3) is 0 Å². The number of ether oxygens (including phenoxy) is 2. The average molecular weight is 398 g/mol. The lowest BCUT2D eigenvalue weighted by atomic mass is 9.89. The number of piperidine rings is 1. The van der Waals surface area contributed by atoms with E-state index in [1.165, 1.54) is 6.07 Å². The first kappa shape index (κ1) is 18.3. The van der Waals surface area contributed by atoms with Gasteiger partial charge in [-0.3, -0.25) is 4.79 Å². The normalized spacial score (nSPS) is 29.7. The molecule has 0 aromatic heterocycles. The Kier molecular flexibility index (Phi) is 4.25. The fourth-order valence-electron chi connectivity index (χ4n) is 4.01. The molecule has 1 N–H and O–H groups in total. The molecule has 0 bridgehead atoms. The highest BCUT2D eigenvalue weighted by molar-refractivity contribution is 6.32. The number of alkyl halides is 1. The molecule has 0 spiro atoms. The van der Waals surface area contributed by atoms with Gasteiger partial charge in [0.15, 0.2) is 11.5 Å². The standard InChI is InChI=1S/C19H21ClFNO5/c1-9-11(18(24)25)7-13(20)16-15(9)26-19(2,27-16)10-3-5-22(6-4-10)17(23)12-8-14(12)21/h7,10,12,14H,3-6,8H2,1-2H3,(H,24,25)/t12-,14+,19?/m1/s1. The maximum absolute atomic E-state index is 13.1. The monoisotopic (exact) mass is 397 g/mol. The molecular weight excluding hydrogens is 377 g/mol. The van der Waals surface area contributed by atoms with Gasteiger partial charge >= 0.3 is 5.97 Å². The minimum Gasteiger partial charge on any atom is -0.478 e. The molecule has 6 nitrogen and oxygen atoms in total. The van der Waals surface area contributed by atoms with Gasteiger partial charge in [-0.2, -0.15) is 0 Å². The van der Waals surface area contributed by atoms with E-state index >= 15 is 0 Å². The first-order chi connectivity index (χ1) is 12.7. The van der Waals surface area contributed by atoms with Crippen LogP contribution in [0, 0.1) is 18.8 Å². The maximum atomic E-state index is 13.1. The number of likely N-dealkylation sites (tertiary alicyclic amines) is 1. The Bertz CT molecular complexity index is 823. The Labute approximate surface area is 161 Å². The van der Waals surface area contributed by atoms with E-state index in [1.54, 1.807) is 11.8 Å². The van der Waals surface area contributed by atoms with Crippen molar-refractivity contribution in [2.75, 3.05) is 13.1 Å². The second-order valence-electron chi connectivity index (χ2n) is 7.67. The van der Waals surface area contributed by atoms with Crippen molar-refractivity contribution in [3.8, 4) is 11.5 Å². The average Bonchev–Trinajstić information content (AvgIpc) is 3.24. The van der Waals surface area contributed by atoms with Crippen molar-refractivity contribution < 1.29 is 28.6 Å². The fraction of sp³-hybridized carbons (Fsp3) is 0.579. The smallest absolute Gasteiger partial charge is 0.336 e. The van der Waals surface area contributed by atoms with Gasteiger partial charge in [-0.15, -0.1) is 0 Å². The number of carbonyl (C=O) groups is 2. The molecule has 1 aromatic rings. The molecule has 1 amide bonds. The summed E-state index contributed by atoms with van der Waals surface area (Å²) in [5.41, 5.74) is 0.554. The van der Waals surface area contributed by atoms with E-state index in [9.17, 15) is 19.1 Å². The zero-order valence-electron chi connectivity index (χ0n) is 15.1. The minimum absolute atomic E-state index is 0.00179. The van der Waals surface area contributed by atoms with E-state index in [-0.39, 0.29) is 22.4 Å². The van der Waals surface area contributed by atoms with Gasteiger partial charge in [0, 0.05) is 31.5 Å². The number of nitrogens with zero attached hydrogens (tertiary/aromatic N) is 1. The van der Waals surface area contributed by atoms with Crippen molar-refractivity contribution in [1.82, 2.24) is 4.90 Å². The highest BCUT2D eigenvalue weighted by Gasteiger charge is 2.50. The number of carboxylic acids is 1. The first-order valence-electron chi connectivity index (χ1n) is 9.08. The number of halogens is 2. The fourth-order valence-corrected chi connectivity index (χ4v) is 4.25. The topological polar surface area (TPSA) is 76.1 Å². The predicted molar refractivity (Wildman–Crippen MR) is 95.1 cm³/mol. The van der Waals surface area contributed by atoms with Crippen LogP contribution in [0.1, 0.15) is 42.1 Å². The highest BCUT2D eigenvalue weighted by Crippen LogP contribution is 2.51. The summed E-state index contributed by atoms with van der Waals surface area (Å²) in [5.74, 6) is -1.91. The Morgan fingerprint density at radius 3 is 2.44 bits per heavy atom. The molecular formula is C19H21ClFNO5. The Balaban J connectivity index is 1.49. The SMILES string of the molecule is Cc1c(C(=O)O)cc(Cl)c2c1OC(C)(C1CCN(C(=O)[C@@H]3C[C@@H]3F)CC1)O2. The Morgan fingerprint density at radius 1 is 1.30 bits per heavy atom. The summed E-state index contributed by atoms with van der Waals surface area (Å²) in [6, 6.07) is 1.37. The lowest BCUT2D eigenvalue weighted by Gasteiger charge is -2.38. The lowest BCUT2D eigenvalue weighted by molar-refractivity contribution is -0.144. The molecule has 1 saturated heterocycles. The summed E-state index contributed by atoms with van der Waals surface area (Å²) in [5, 5.41) is 9.53. The molecule has 1 unspecified atom stereocenters. The number of aromatic carboxylic acids is 1. The number of carboxylic acid groups (broad SMARTS) is 1. The van der Waals surface area contributed by atoms with E-state index in [0.29, 0.717) is 49.4 Å². The molecule has 0 radical (unpaired) electrons. The summed E-state index contributed by atoms with van der Waals surface area (Å²) in [4.78, 5) is 25.3. The number of hydrogen-bond acceptors (Lipinski definition) is 4. The largest absolute Gasteiger partial charge is 0.478 e. The molecule has 2 fully saturated rings. The zero-order chi connectivity index (χ0) is 19.5. The van der Waals surface area contributed by atoms with Crippen LogP contribution >= 0.6 is 11.6 Å². The number of rotatable bonds is 3. The van der Waals surface area contributed by atoms with Gasteiger partial charge < -0.3 is 19.5 Å².